The number of hydrogen-bond donors (Lipinski definition) is 1. The smallest absolute Gasteiger partial charge is 0.145 e. The first kappa shape index (κ1) is 17.1. The molecule has 2 unspecified atom stereocenters. The number of hydrogen-bond acceptors (Lipinski definition) is 5. The molecule has 1 aliphatic heterocycles. The van der Waals surface area contributed by atoms with Crippen LogP contribution in [0.2, 0.25) is 0 Å². The van der Waals surface area contributed by atoms with E-state index in [1.807, 2.05) is 25.4 Å². The fraction of sp³-hybridized carbons (Fsp3) is 0.318. The maximum Gasteiger partial charge on any atom is 0.145 e. The SMILES string of the molecule is CNc1ccc2ccc(CCC3CCC(n4ccc5cncnc54)O3)cc2n1. The first-order chi connectivity index (χ1) is 13.8. The highest BCUT2D eigenvalue weighted by Crippen LogP contribution is 2.33. The fourth-order valence-electron chi connectivity index (χ4n) is 4.02. The molecule has 0 aliphatic carbocycles. The summed E-state index contributed by atoms with van der Waals surface area (Å²) in [5, 5.41) is 5.33. The van der Waals surface area contributed by atoms with Crippen molar-refractivity contribution >= 4 is 27.8 Å². The number of fused-ring (bicyclic) bond motifs is 2. The predicted molar refractivity (Wildman–Crippen MR) is 110 cm³/mol. The van der Waals surface area contributed by atoms with Crippen LogP contribution in [0.1, 0.15) is 31.1 Å². The van der Waals surface area contributed by atoms with Crippen molar-refractivity contribution < 1.29 is 4.74 Å². The van der Waals surface area contributed by atoms with Crippen LogP contribution in [0.4, 0.5) is 5.82 Å². The van der Waals surface area contributed by atoms with Crippen LogP contribution < -0.4 is 5.32 Å². The average Bonchev–Trinajstić information content (AvgIpc) is 3.38. The van der Waals surface area contributed by atoms with Crippen molar-refractivity contribution in [3.05, 3.63) is 60.7 Å². The van der Waals surface area contributed by atoms with Gasteiger partial charge in [0.2, 0.25) is 0 Å². The lowest BCUT2D eigenvalue weighted by Crippen LogP contribution is -2.12. The zero-order valence-corrected chi connectivity index (χ0v) is 15.9. The Balaban J connectivity index is 1.26. The van der Waals surface area contributed by atoms with Crippen LogP contribution in [0, 0.1) is 0 Å². The van der Waals surface area contributed by atoms with Gasteiger partial charge in [-0.25, -0.2) is 15.0 Å². The van der Waals surface area contributed by atoms with Crippen LogP contribution in [-0.4, -0.2) is 32.7 Å². The molecule has 3 aromatic heterocycles. The Hall–Kier alpha value is -2.99. The summed E-state index contributed by atoms with van der Waals surface area (Å²) in [6.45, 7) is 0. The summed E-state index contributed by atoms with van der Waals surface area (Å²) >= 11 is 0. The molecule has 0 amide bonds. The number of anilines is 1. The van der Waals surface area contributed by atoms with Gasteiger partial charge >= 0.3 is 0 Å². The van der Waals surface area contributed by atoms with Gasteiger partial charge in [0.25, 0.3) is 0 Å². The van der Waals surface area contributed by atoms with E-state index in [-0.39, 0.29) is 12.3 Å². The van der Waals surface area contributed by atoms with E-state index < -0.39 is 0 Å². The summed E-state index contributed by atoms with van der Waals surface area (Å²) in [6.07, 6.45) is 9.94. The normalized spacial score (nSPS) is 19.5. The summed E-state index contributed by atoms with van der Waals surface area (Å²) in [6, 6.07) is 12.7. The number of nitrogens with zero attached hydrogens (tertiary/aromatic N) is 4. The Bertz CT molecular complexity index is 1120. The molecule has 142 valence electrons. The van der Waals surface area contributed by atoms with Gasteiger partial charge in [-0.15, -0.1) is 0 Å². The molecule has 4 aromatic rings. The molecule has 2 atom stereocenters. The van der Waals surface area contributed by atoms with E-state index in [0.717, 1.165) is 48.1 Å². The lowest BCUT2D eigenvalue weighted by atomic mass is 10.0. The summed E-state index contributed by atoms with van der Waals surface area (Å²) in [4.78, 5) is 13.1. The zero-order valence-electron chi connectivity index (χ0n) is 15.9. The van der Waals surface area contributed by atoms with Gasteiger partial charge in [-0.3, -0.25) is 0 Å². The Morgan fingerprint density at radius 2 is 2.07 bits per heavy atom. The predicted octanol–water partition coefficient (Wildman–Crippen LogP) is 4.33. The summed E-state index contributed by atoms with van der Waals surface area (Å²) in [7, 11) is 1.89. The largest absolute Gasteiger partial charge is 0.373 e. The molecule has 1 fully saturated rings. The highest BCUT2D eigenvalue weighted by molar-refractivity contribution is 5.81. The van der Waals surface area contributed by atoms with E-state index in [1.165, 1.54) is 10.9 Å². The van der Waals surface area contributed by atoms with Crippen molar-refractivity contribution in [3.8, 4) is 0 Å². The third-order valence-electron chi connectivity index (χ3n) is 5.54. The summed E-state index contributed by atoms with van der Waals surface area (Å²) in [5.41, 5.74) is 3.29. The molecule has 28 heavy (non-hydrogen) atoms. The minimum atomic E-state index is 0.0638. The standard InChI is InChI=1S/C22H23N5O/c1-23-20-8-5-16-4-2-15(12-19(16)26-20)3-6-18-7-9-21(28-18)27-11-10-17-13-24-14-25-22(17)27/h2,4-5,8,10-14,18,21H,3,6-7,9H2,1H3,(H,23,26). The van der Waals surface area contributed by atoms with Crippen LogP contribution in [0.3, 0.4) is 0 Å². The van der Waals surface area contributed by atoms with E-state index in [4.69, 9.17) is 4.74 Å². The molecule has 1 saturated heterocycles. The van der Waals surface area contributed by atoms with Crippen LogP contribution in [-0.2, 0) is 11.2 Å². The highest BCUT2D eigenvalue weighted by Gasteiger charge is 2.27. The average molecular weight is 373 g/mol. The molecule has 5 rings (SSSR count). The monoisotopic (exact) mass is 373 g/mol. The topological polar surface area (TPSA) is 64.9 Å². The first-order valence-electron chi connectivity index (χ1n) is 9.79. The number of aromatic nitrogens is 4. The molecule has 1 aliphatic rings. The molecule has 1 N–H and O–H groups in total. The van der Waals surface area contributed by atoms with Gasteiger partial charge in [-0.2, -0.15) is 0 Å². The molecule has 0 bridgehead atoms. The third-order valence-corrected chi connectivity index (χ3v) is 5.54. The second-order valence-electron chi connectivity index (χ2n) is 7.33. The van der Waals surface area contributed by atoms with Gasteiger partial charge in [0.05, 0.1) is 11.6 Å². The van der Waals surface area contributed by atoms with Gasteiger partial charge in [0.1, 0.15) is 24.0 Å². The number of benzene rings is 1. The number of pyridine rings is 1. The van der Waals surface area contributed by atoms with Crippen LogP contribution in [0.15, 0.2) is 55.1 Å². The summed E-state index contributed by atoms with van der Waals surface area (Å²) in [5.74, 6) is 0.898. The lowest BCUT2D eigenvalue weighted by Gasteiger charge is -2.16. The molecule has 0 spiro atoms. The minimum absolute atomic E-state index is 0.0638. The quantitative estimate of drug-likeness (QED) is 0.564. The zero-order chi connectivity index (χ0) is 18.9. The van der Waals surface area contributed by atoms with Crippen molar-refractivity contribution in [2.75, 3.05) is 12.4 Å². The fourth-order valence-corrected chi connectivity index (χ4v) is 4.02. The van der Waals surface area contributed by atoms with Crippen molar-refractivity contribution in [1.82, 2.24) is 19.5 Å². The Morgan fingerprint density at radius 3 is 3.00 bits per heavy atom. The van der Waals surface area contributed by atoms with Crippen molar-refractivity contribution in [2.45, 2.75) is 38.0 Å². The number of nitrogens with one attached hydrogen (secondary N) is 1. The van der Waals surface area contributed by atoms with Gasteiger partial charge in [-0.1, -0.05) is 12.1 Å². The maximum absolute atomic E-state index is 6.34. The molecular formula is C22H23N5O. The van der Waals surface area contributed by atoms with Crippen LogP contribution in [0.25, 0.3) is 21.9 Å². The van der Waals surface area contributed by atoms with Crippen LogP contribution in [0.5, 0.6) is 0 Å². The first-order valence-corrected chi connectivity index (χ1v) is 9.79. The molecule has 0 saturated carbocycles. The maximum atomic E-state index is 6.34. The summed E-state index contributed by atoms with van der Waals surface area (Å²) < 4.78 is 8.47. The molecule has 6 heteroatoms. The van der Waals surface area contributed by atoms with Crippen molar-refractivity contribution in [2.24, 2.45) is 0 Å². The molecule has 4 heterocycles. The van der Waals surface area contributed by atoms with Gasteiger partial charge in [0, 0.05) is 30.2 Å². The van der Waals surface area contributed by atoms with E-state index in [1.54, 1.807) is 6.33 Å². The Labute approximate surface area is 163 Å². The van der Waals surface area contributed by atoms with E-state index in [2.05, 4.69) is 55.3 Å². The van der Waals surface area contributed by atoms with Crippen molar-refractivity contribution in [1.29, 1.82) is 0 Å². The van der Waals surface area contributed by atoms with Crippen LogP contribution >= 0.6 is 0 Å². The Morgan fingerprint density at radius 1 is 1.14 bits per heavy atom. The Kier molecular flexibility index (Phi) is 4.41. The lowest BCUT2D eigenvalue weighted by molar-refractivity contribution is 0.00120. The number of ether oxygens (including phenoxy) is 1. The third kappa shape index (κ3) is 3.20. The second kappa shape index (κ2) is 7.20. The van der Waals surface area contributed by atoms with Crippen molar-refractivity contribution in [3.63, 3.8) is 0 Å². The minimum Gasteiger partial charge on any atom is -0.373 e. The van der Waals surface area contributed by atoms with Gasteiger partial charge in [-0.05, 0) is 55.5 Å². The molecule has 6 nitrogen and oxygen atoms in total. The molecule has 0 radical (unpaired) electrons. The van der Waals surface area contributed by atoms with Gasteiger partial charge in [0.15, 0.2) is 0 Å². The number of rotatable bonds is 5. The van der Waals surface area contributed by atoms with E-state index in [9.17, 15) is 0 Å². The van der Waals surface area contributed by atoms with Gasteiger partial charge < -0.3 is 14.6 Å². The number of aryl methyl sites for hydroxylation is 1. The molecule has 1 aromatic carbocycles. The van der Waals surface area contributed by atoms with E-state index >= 15 is 0 Å². The molecular weight excluding hydrogens is 350 g/mol. The highest BCUT2D eigenvalue weighted by atomic mass is 16.5. The second-order valence-corrected chi connectivity index (χ2v) is 7.33. The van der Waals surface area contributed by atoms with E-state index in [0.29, 0.717) is 0 Å².